The zero-order valence-corrected chi connectivity index (χ0v) is 20.7. The van der Waals surface area contributed by atoms with Crippen LogP contribution in [-0.4, -0.2) is 46.1 Å². The van der Waals surface area contributed by atoms with Crippen molar-refractivity contribution in [3.63, 3.8) is 0 Å². The van der Waals surface area contributed by atoms with Crippen molar-refractivity contribution in [1.82, 2.24) is 10.3 Å². The minimum atomic E-state index is -1.16. The van der Waals surface area contributed by atoms with Crippen molar-refractivity contribution in [2.75, 3.05) is 6.54 Å². The molecule has 0 saturated carbocycles. The third-order valence-electron chi connectivity index (χ3n) is 5.51. The Bertz CT molecular complexity index is 1200. The highest BCUT2D eigenvalue weighted by Gasteiger charge is 2.36. The Morgan fingerprint density at radius 2 is 1.83 bits per heavy atom. The van der Waals surface area contributed by atoms with Gasteiger partial charge in [-0.3, -0.25) is 9.59 Å². The molecule has 5 N–H and O–H groups in total. The molecule has 2 aromatic carbocycles. The number of rotatable bonds is 10. The van der Waals surface area contributed by atoms with Gasteiger partial charge in [-0.15, -0.1) is 0 Å². The molecule has 2 atom stereocenters. The number of phenols is 1. The molecule has 0 saturated heterocycles. The van der Waals surface area contributed by atoms with Crippen molar-refractivity contribution < 1.29 is 29.0 Å². The molecule has 0 fully saturated rings. The van der Waals surface area contributed by atoms with E-state index in [0.29, 0.717) is 10.9 Å². The molecule has 1 amide bonds. The number of nitrogens with two attached hydrogens (primary N) is 1. The number of carbonyl (C=O) groups is 3. The van der Waals surface area contributed by atoms with Gasteiger partial charge in [0.25, 0.3) is 0 Å². The number of esters is 1. The Morgan fingerprint density at radius 3 is 2.50 bits per heavy atom. The first kappa shape index (κ1) is 26.7. The minimum Gasteiger partial charge on any atom is -0.508 e. The zero-order valence-electron chi connectivity index (χ0n) is 20.7. The fourth-order valence-electron chi connectivity index (χ4n) is 3.84. The maximum atomic E-state index is 13.6. The van der Waals surface area contributed by atoms with Gasteiger partial charge in [-0.2, -0.15) is 0 Å². The zero-order chi connectivity index (χ0) is 26.3. The number of aromatic hydroxyl groups is 1. The SMILES string of the molecule is CC(C)(C)OC(=O)C(CCN)C(=O)[C@H](Cc1c[nH]c2ccc(O)cc12)NC(=O)OCc1ccccc1. The maximum absolute atomic E-state index is 13.6. The van der Waals surface area contributed by atoms with Crippen LogP contribution in [0.1, 0.15) is 38.3 Å². The second-order valence-corrected chi connectivity index (χ2v) is 9.57. The molecule has 1 aromatic heterocycles. The van der Waals surface area contributed by atoms with Crippen LogP contribution in [0, 0.1) is 5.92 Å². The van der Waals surface area contributed by atoms with Crippen LogP contribution in [-0.2, 0) is 32.1 Å². The number of nitrogens with one attached hydrogen (secondary N) is 2. The predicted molar refractivity (Wildman–Crippen MR) is 135 cm³/mol. The highest BCUT2D eigenvalue weighted by atomic mass is 16.6. The van der Waals surface area contributed by atoms with Gasteiger partial charge in [-0.25, -0.2) is 4.79 Å². The number of amides is 1. The lowest BCUT2D eigenvalue weighted by molar-refractivity contribution is -0.162. The fraction of sp³-hybridized carbons (Fsp3) is 0.370. The number of aromatic nitrogens is 1. The summed E-state index contributed by atoms with van der Waals surface area (Å²) in [5.74, 6) is -2.32. The average Bonchev–Trinajstić information content (AvgIpc) is 3.21. The van der Waals surface area contributed by atoms with Crippen molar-refractivity contribution in [2.45, 2.75) is 51.9 Å². The number of alkyl carbamates (subject to hydrolysis) is 1. The molecule has 0 bridgehead atoms. The van der Waals surface area contributed by atoms with Crippen LogP contribution in [0.15, 0.2) is 54.7 Å². The van der Waals surface area contributed by atoms with E-state index in [4.69, 9.17) is 15.2 Å². The van der Waals surface area contributed by atoms with Gasteiger partial charge in [0.05, 0.1) is 6.04 Å². The number of Topliss-reactive ketones (excluding diaryl/α,β-unsaturated/α-hetero) is 1. The van der Waals surface area contributed by atoms with Crippen molar-refractivity contribution in [3.8, 4) is 5.75 Å². The maximum Gasteiger partial charge on any atom is 0.408 e. The molecule has 3 aromatic rings. The van der Waals surface area contributed by atoms with Gasteiger partial charge in [0, 0.05) is 23.5 Å². The second-order valence-electron chi connectivity index (χ2n) is 9.57. The lowest BCUT2D eigenvalue weighted by Gasteiger charge is -2.26. The van der Waals surface area contributed by atoms with Crippen molar-refractivity contribution in [3.05, 3.63) is 65.9 Å². The summed E-state index contributed by atoms with van der Waals surface area (Å²) >= 11 is 0. The first-order chi connectivity index (χ1) is 17.1. The second kappa shape index (κ2) is 11.7. The van der Waals surface area contributed by atoms with Gasteiger partial charge in [0.2, 0.25) is 0 Å². The molecule has 1 heterocycles. The Hall–Kier alpha value is -3.85. The van der Waals surface area contributed by atoms with Crippen LogP contribution >= 0.6 is 0 Å². The third kappa shape index (κ3) is 7.32. The number of phenolic OH excluding ortho intramolecular Hbond substituents is 1. The molecule has 36 heavy (non-hydrogen) atoms. The number of hydrogen-bond acceptors (Lipinski definition) is 7. The predicted octanol–water partition coefficient (Wildman–Crippen LogP) is 3.59. The summed E-state index contributed by atoms with van der Waals surface area (Å²) in [6.45, 7) is 5.24. The molecule has 3 rings (SSSR count). The number of benzene rings is 2. The van der Waals surface area contributed by atoms with Crippen LogP contribution < -0.4 is 11.1 Å². The highest BCUT2D eigenvalue weighted by Crippen LogP contribution is 2.25. The van der Waals surface area contributed by atoms with Crippen molar-refractivity contribution in [1.29, 1.82) is 0 Å². The van der Waals surface area contributed by atoms with Crippen LogP contribution in [0.25, 0.3) is 10.9 Å². The first-order valence-electron chi connectivity index (χ1n) is 11.8. The van der Waals surface area contributed by atoms with Gasteiger partial charge in [0.1, 0.15) is 23.9 Å². The molecule has 9 nitrogen and oxygen atoms in total. The van der Waals surface area contributed by atoms with Gasteiger partial charge < -0.3 is 30.6 Å². The summed E-state index contributed by atoms with van der Waals surface area (Å²) in [5, 5.41) is 13.3. The number of carbonyl (C=O) groups excluding carboxylic acids is 3. The highest BCUT2D eigenvalue weighted by molar-refractivity contribution is 6.03. The standard InChI is InChI=1S/C27H33N3O6/c1-27(2,3)36-25(33)20(11-12-28)24(32)23(30-26(34)35-16-17-7-5-4-6-8-17)13-18-15-29-22-10-9-19(31)14-21(18)22/h4-10,14-15,20,23,29,31H,11-13,16,28H2,1-3H3,(H,30,34)/t20?,23-/m0/s1. The van der Waals surface area contributed by atoms with E-state index in [9.17, 15) is 19.5 Å². The van der Waals surface area contributed by atoms with Crippen molar-refractivity contribution in [2.24, 2.45) is 11.7 Å². The number of ether oxygens (including phenoxy) is 2. The van der Waals surface area contributed by atoms with E-state index < -0.39 is 35.4 Å². The summed E-state index contributed by atoms with van der Waals surface area (Å²) < 4.78 is 10.8. The van der Waals surface area contributed by atoms with Crippen LogP contribution in [0.4, 0.5) is 4.79 Å². The number of ketones is 1. The van der Waals surface area contributed by atoms with Crippen molar-refractivity contribution >= 4 is 28.7 Å². The van der Waals surface area contributed by atoms with E-state index in [2.05, 4.69) is 10.3 Å². The normalized spacial score (nSPS) is 13.1. The Kier molecular flexibility index (Phi) is 8.71. The van der Waals surface area contributed by atoms with Gasteiger partial charge in [-0.05, 0) is 63.1 Å². The van der Waals surface area contributed by atoms with Gasteiger partial charge >= 0.3 is 12.1 Å². The third-order valence-corrected chi connectivity index (χ3v) is 5.51. The average molecular weight is 496 g/mol. The summed E-state index contributed by atoms with van der Waals surface area (Å²) in [5.41, 5.74) is 7.13. The molecule has 0 aliphatic carbocycles. The topological polar surface area (TPSA) is 144 Å². The molecule has 0 aliphatic rings. The van der Waals surface area contributed by atoms with Crippen LogP contribution in [0.3, 0.4) is 0 Å². The van der Waals surface area contributed by atoms with Gasteiger partial charge in [0.15, 0.2) is 5.78 Å². The Morgan fingerprint density at radius 1 is 1.11 bits per heavy atom. The lowest BCUT2D eigenvalue weighted by Crippen LogP contribution is -2.48. The molecule has 1 unspecified atom stereocenters. The lowest BCUT2D eigenvalue weighted by atomic mass is 9.91. The molecule has 0 spiro atoms. The molecule has 192 valence electrons. The first-order valence-corrected chi connectivity index (χ1v) is 11.8. The largest absolute Gasteiger partial charge is 0.508 e. The quantitative estimate of drug-likeness (QED) is 0.249. The molecule has 9 heteroatoms. The Balaban J connectivity index is 1.85. The van der Waals surface area contributed by atoms with Gasteiger partial charge in [-0.1, -0.05) is 30.3 Å². The van der Waals surface area contributed by atoms with E-state index in [0.717, 1.165) is 11.1 Å². The molecular weight excluding hydrogens is 462 g/mol. The van der Waals surface area contributed by atoms with E-state index in [1.807, 2.05) is 30.3 Å². The number of aromatic amines is 1. The monoisotopic (exact) mass is 495 g/mol. The van der Waals surface area contributed by atoms with E-state index in [1.54, 1.807) is 45.2 Å². The summed E-state index contributed by atoms with van der Waals surface area (Å²) in [6, 6.07) is 12.9. The Labute approximate surface area is 210 Å². The number of H-pyrrole nitrogens is 1. The summed E-state index contributed by atoms with van der Waals surface area (Å²) in [6.07, 6.45) is 1.04. The van der Waals surface area contributed by atoms with Crippen LogP contribution in [0.5, 0.6) is 5.75 Å². The minimum absolute atomic E-state index is 0.0207. The van der Waals surface area contributed by atoms with E-state index in [1.165, 1.54) is 0 Å². The molecular formula is C27H33N3O6. The number of fused-ring (bicyclic) bond motifs is 1. The molecule has 0 radical (unpaired) electrons. The summed E-state index contributed by atoms with van der Waals surface area (Å²) in [4.78, 5) is 42.3. The smallest absolute Gasteiger partial charge is 0.408 e. The fourth-order valence-corrected chi connectivity index (χ4v) is 3.84. The van der Waals surface area contributed by atoms with E-state index in [-0.39, 0.29) is 31.7 Å². The summed E-state index contributed by atoms with van der Waals surface area (Å²) in [7, 11) is 0. The van der Waals surface area contributed by atoms with E-state index >= 15 is 0 Å². The van der Waals surface area contributed by atoms with Crippen LogP contribution in [0.2, 0.25) is 0 Å². The molecule has 0 aliphatic heterocycles. The number of hydrogen-bond donors (Lipinski definition) is 4.